The molecule has 2 aliphatic heterocycles. The van der Waals surface area contributed by atoms with Crippen LogP contribution >= 0.6 is 0 Å². The van der Waals surface area contributed by atoms with Gasteiger partial charge >= 0.3 is 0 Å². The molecule has 10 heteroatoms. The lowest BCUT2D eigenvalue weighted by molar-refractivity contribution is -0.138. The normalized spacial score (nSPS) is 19.2. The molecule has 0 spiro atoms. The van der Waals surface area contributed by atoms with Gasteiger partial charge in [0.1, 0.15) is 18.5 Å². The fraction of sp³-hybridized carbons (Fsp3) is 0.321. The minimum atomic E-state index is -0.572. The van der Waals surface area contributed by atoms with Gasteiger partial charge in [-0.05, 0) is 29.3 Å². The standard InChI is InChI=1S/C28H28FN5O4/c29-21-12-20-13-22(14-21)30-7-9-33-23(18-38-26-6-8-34-27(32-26)24(20)16-31-34)15-25(28(33)35)37-11-10-36-17-19-4-2-1-3-5-19/h1-6,8,12-14,16,23,25,30H,7,9-11,15,17-18H2/t23-,25+/m0/s1. The van der Waals surface area contributed by atoms with Crippen LogP contribution < -0.4 is 10.1 Å². The Morgan fingerprint density at radius 1 is 1.13 bits per heavy atom. The lowest BCUT2D eigenvalue weighted by Crippen LogP contribution is -2.41. The number of benzene rings is 2. The topological polar surface area (TPSA) is 90.2 Å². The van der Waals surface area contributed by atoms with E-state index in [1.807, 2.05) is 36.4 Å². The van der Waals surface area contributed by atoms with Crippen molar-refractivity contribution in [2.24, 2.45) is 0 Å². The summed E-state index contributed by atoms with van der Waals surface area (Å²) in [5.41, 5.74) is 3.63. The van der Waals surface area contributed by atoms with Crippen molar-refractivity contribution in [1.82, 2.24) is 19.5 Å². The van der Waals surface area contributed by atoms with Crippen LogP contribution in [0.2, 0.25) is 0 Å². The van der Waals surface area contributed by atoms with Gasteiger partial charge in [0.05, 0.1) is 32.1 Å². The number of fused-ring (bicyclic) bond motifs is 5. The molecule has 2 aromatic heterocycles. The number of hydrogen-bond acceptors (Lipinski definition) is 7. The first-order valence-corrected chi connectivity index (χ1v) is 12.7. The first-order chi connectivity index (χ1) is 18.6. The Bertz CT molecular complexity index is 1430. The van der Waals surface area contributed by atoms with Crippen molar-refractivity contribution in [3.63, 3.8) is 0 Å². The number of ether oxygens (including phenoxy) is 3. The van der Waals surface area contributed by atoms with Crippen molar-refractivity contribution in [2.45, 2.75) is 25.2 Å². The molecule has 2 atom stereocenters. The predicted molar refractivity (Wildman–Crippen MR) is 138 cm³/mol. The van der Waals surface area contributed by atoms with Crippen LogP contribution in [0.4, 0.5) is 10.1 Å². The van der Waals surface area contributed by atoms with E-state index in [-0.39, 0.29) is 24.4 Å². The molecule has 4 heterocycles. The third-order valence-electron chi connectivity index (χ3n) is 6.80. The van der Waals surface area contributed by atoms with Crippen molar-refractivity contribution >= 4 is 17.2 Å². The van der Waals surface area contributed by atoms with Gasteiger partial charge in [0, 0.05) is 43.0 Å². The largest absolute Gasteiger partial charge is 0.475 e. The summed E-state index contributed by atoms with van der Waals surface area (Å²) in [6.07, 6.45) is 3.35. The van der Waals surface area contributed by atoms with Gasteiger partial charge in [-0.15, -0.1) is 0 Å². The zero-order chi connectivity index (χ0) is 25.9. The van der Waals surface area contributed by atoms with Gasteiger partial charge in [-0.2, -0.15) is 10.1 Å². The van der Waals surface area contributed by atoms with Crippen LogP contribution in [-0.2, 0) is 20.9 Å². The Kier molecular flexibility index (Phi) is 6.89. The maximum Gasteiger partial charge on any atom is 0.252 e. The van der Waals surface area contributed by atoms with Crippen LogP contribution in [-0.4, -0.2) is 70.5 Å². The van der Waals surface area contributed by atoms with Crippen molar-refractivity contribution in [3.8, 4) is 17.0 Å². The highest BCUT2D eigenvalue weighted by atomic mass is 19.1. The van der Waals surface area contributed by atoms with E-state index in [2.05, 4.69) is 15.4 Å². The molecule has 0 unspecified atom stereocenters. The third-order valence-corrected chi connectivity index (χ3v) is 6.80. The van der Waals surface area contributed by atoms with Crippen LogP contribution in [0.15, 0.2) is 67.0 Å². The lowest BCUT2D eigenvalue weighted by atomic mass is 10.1. The number of carbonyl (C=O) groups excluding carboxylic acids is 1. The van der Waals surface area contributed by atoms with Crippen LogP contribution in [0.3, 0.4) is 0 Å². The van der Waals surface area contributed by atoms with Gasteiger partial charge in [0.15, 0.2) is 5.65 Å². The van der Waals surface area contributed by atoms with E-state index in [0.717, 1.165) is 5.56 Å². The fourth-order valence-electron chi connectivity index (χ4n) is 4.93. The van der Waals surface area contributed by atoms with Gasteiger partial charge in [-0.1, -0.05) is 30.3 Å². The maximum absolute atomic E-state index is 14.5. The lowest BCUT2D eigenvalue weighted by Gasteiger charge is -2.25. The molecule has 2 aromatic carbocycles. The number of aromatic nitrogens is 3. The number of rotatable bonds is 6. The van der Waals surface area contributed by atoms with E-state index in [9.17, 15) is 9.18 Å². The van der Waals surface area contributed by atoms with E-state index in [0.29, 0.717) is 67.7 Å². The highest BCUT2D eigenvalue weighted by Gasteiger charge is 2.40. The number of nitrogens with one attached hydrogen (secondary N) is 1. The summed E-state index contributed by atoms with van der Waals surface area (Å²) in [5.74, 6) is -0.0453. The molecule has 196 valence electrons. The number of amides is 1. The molecule has 1 amide bonds. The average Bonchev–Trinajstić information content (AvgIpc) is 3.48. The molecule has 38 heavy (non-hydrogen) atoms. The Balaban J connectivity index is 1.16. The zero-order valence-electron chi connectivity index (χ0n) is 20.8. The van der Waals surface area contributed by atoms with Crippen LogP contribution in [0.5, 0.6) is 5.88 Å². The van der Waals surface area contributed by atoms with E-state index in [1.165, 1.54) is 12.1 Å². The summed E-state index contributed by atoms with van der Waals surface area (Å²) in [7, 11) is 0. The van der Waals surface area contributed by atoms with Crippen molar-refractivity contribution in [1.29, 1.82) is 0 Å². The summed E-state index contributed by atoms with van der Waals surface area (Å²) in [4.78, 5) is 19.6. The summed E-state index contributed by atoms with van der Waals surface area (Å²) >= 11 is 0. The molecule has 1 fully saturated rings. The van der Waals surface area contributed by atoms with Crippen molar-refractivity contribution in [2.75, 3.05) is 38.2 Å². The maximum atomic E-state index is 14.5. The predicted octanol–water partition coefficient (Wildman–Crippen LogP) is 3.54. The van der Waals surface area contributed by atoms with Crippen molar-refractivity contribution in [3.05, 3.63) is 78.4 Å². The van der Waals surface area contributed by atoms with E-state index in [4.69, 9.17) is 14.2 Å². The molecule has 1 saturated heterocycles. The average molecular weight is 518 g/mol. The summed E-state index contributed by atoms with van der Waals surface area (Å²) in [5, 5.41) is 7.59. The minimum absolute atomic E-state index is 0.0861. The van der Waals surface area contributed by atoms with Gasteiger partial charge in [0.25, 0.3) is 5.91 Å². The Morgan fingerprint density at radius 3 is 2.92 bits per heavy atom. The minimum Gasteiger partial charge on any atom is -0.475 e. The quantitative estimate of drug-likeness (QED) is 0.391. The summed E-state index contributed by atoms with van der Waals surface area (Å²) in [6, 6.07) is 16.2. The molecule has 6 rings (SSSR count). The van der Waals surface area contributed by atoms with Gasteiger partial charge in [-0.25, -0.2) is 8.91 Å². The van der Waals surface area contributed by atoms with Crippen molar-refractivity contribution < 1.29 is 23.4 Å². The Hall–Kier alpha value is -4.02. The second kappa shape index (κ2) is 10.8. The molecule has 0 radical (unpaired) electrons. The number of nitrogens with zero attached hydrogens (tertiary/aromatic N) is 4. The first kappa shape index (κ1) is 24.3. The zero-order valence-corrected chi connectivity index (χ0v) is 20.8. The van der Waals surface area contributed by atoms with E-state index >= 15 is 0 Å². The van der Waals surface area contributed by atoms with Crippen LogP contribution in [0.1, 0.15) is 12.0 Å². The molecule has 0 aliphatic carbocycles. The second-order valence-electron chi connectivity index (χ2n) is 9.38. The highest BCUT2D eigenvalue weighted by Crippen LogP contribution is 2.29. The molecular weight excluding hydrogens is 489 g/mol. The Labute approximate surface area is 219 Å². The second-order valence-corrected chi connectivity index (χ2v) is 9.38. The van der Waals surface area contributed by atoms with Crippen LogP contribution in [0, 0.1) is 5.82 Å². The number of carbonyl (C=O) groups is 1. The van der Waals surface area contributed by atoms with Gasteiger partial charge in [0.2, 0.25) is 5.88 Å². The first-order valence-electron chi connectivity index (χ1n) is 12.7. The molecule has 9 nitrogen and oxygen atoms in total. The number of hydrogen-bond donors (Lipinski definition) is 1. The van der Waals surface area contributed by atoms with Gasteiger partial charge < -0.3 is 24.4 Å². The fourth-order valence-corrected chi connectivity index (χ4v) is 4.93. The number of halogens is 1. The molecule has 0 saturated carbocycles. The van der Waals surface area contributed by atoms with Crippen LogP contribution in [0.25, 0.3) is 16.8 Å². The highest BCUT2D eigenvalue weighted by molar-refractivity contribution is 5.84. The van der Waals surface area contributed by atoms with E-state index in [1.54, 1.807) is 27.9 Å². The molecule has 2 aliphatic rings. The number of anilines is 1. The summed E-state index contributed by atoms with van der Waals surface area (Å²) in [6.45, 7) is 2.36. The SMILES string of the molecule is O=C1[C@H](OCCOCc2ccccc2)C[C@H]2COc3ccn4ncc(c4n3)-c3cc(F)cc(c3)NCCN12. The molecule has 4 aromatic rings. The van der Waals surface area contributed by atoms with Gasteiger partial charge in [-0.3, -0.25) is 4.79 Å². The van der Waals surface area contributed by atoms with E-state index < -0.39 is 6.10 Å². The Morgan fingerprint density at radius 2 is 2.03 bits per heavy atom. The molecule has 1 N–H and O–H groups in total. The third kappa shape index (κ3) is 5.18. The summed E-state index contributed by atoms with van der Waals surface area (Å²) < 4.78 is 33.8. The molecule has 4 bridgehead atoms. The molecular formula is C28H28FN5O4. The smallest absolute Gasteiger partial charge is 0.252 e. The monoisotopic (exact) mass is 517 g/mol.